The molecular formula is C18H21FN4O2. The smallest absolute Gasteiger partial charge is 0.319 e. The molecule has 0 aliphatic carbocycles. The second kappa shape index (κ2) is 8.14. The second-order valence-corrected chi connectivity index (χ2v) is 5.71. The summed E-state index contributed by atoms with van der Waals surface area (Å²) in [7, 11) is 3.64. The number of nitrogens with two attached hydrogens (primary N) is 1. The first-order valence-electron chi connectivity index (χ1n) is 7.78. The first-order valence-corrected chi connectivity index (χ1v) is 7.78. The van der Waals surface area contributed by atoms with Crippen molar-refractivity contribution in [2.45, 2.75) is 6.42 Å². The third kappa shape index (κ3) is 4.94. The molecule has 0 saturated carbocycles. The lowest BCUT2D eigenvalue weighted by Gasteiger charge is -2.19. The lowest BCUT2D eigenvalue weighted by Crippen LogP contribution is -2.31. The SMILES string of the molecule is CN(C)c1ccc(C(N)=O)cc1NC(=O)NCCc1ccccc1F. The Bertz CT molecular complexity index is 777. The summed E-state index contributed by atoms with van der Waals surface area (Å²) >= 11 is 0. The fraction of sp³-hybridized carbons (Fsp3) is 0.222. The number of carbonyl (C=O) groups is 2. The van der Waals surface area contributed by atoms with E-state index in [4.69, 9.17) is 5.73 Å². The molecule has 0 saturated heterocycles. The topological polar surface area (TPSA) is 87.5 Å². The fourth-order valence-electron chi connectivity index (χ4n) is 2.36. The minimum atomic E-state index is -0.576. The molecule has 132 valence electrons. The summed E-state index contributed by atoms with van der Waals surface area (Å²) in [6.07, 6.45) is 0.377. The number of halogens is 1. The Labute approximate surface area is 145 Å². The zero-order chi connectivity index (χ0) is 18.4. The van der Waals surface area contributed by atoms with Crippen LogP contribution < -0.4 is 21.3 Å². The largest absolute Gasteiger partial charge is 0.376 e. The van der Waals surface area contributed by atoms with Gasteiger partial charge in [-0.3, -0.25) is 4.79 Å². The molecule has 4 N–H and O–H groups in total. The highest BCUT2D eigenvalue weighted by atomic mass is 19.1. The second-order valence-electron chi connectivity index (χ2n) is 5.71. The fourth-order valence-corrected chi connectivity index (χ4v) is 2.36. The highest BCUT2D eigenvalue weighted by Gasteiger charge is 2.11. The highest BCUT2D eigenvalue weighted by molar-refractivity contribution is 5.98. The Morgan fingerprint density at radius 1 is 1.16 bits per heavy atom. The van der Waals surface area contributed by atoms with Gasteiger partial charge in [-0.2, -0.15) is 0 Å². The molecule has 2 rings (SSSR count). The van der Waals surface area contributed by atoms with E-state index in [1.807, 2.05) is 14.1 Å². The number of primary amides is 1. The molecule has 0 spiro atoms. The van der Waals surface area contributed by atoms with E-state index < -0.39 is 11.9 Å². The van der Waals surface area contributed by atoms with Crippen molar-refractivity contribution in [1.82, 2.24) is 5.32 Å². The molecule has 0 aliphatic rings. The predicted octanol–water partition coefficient (Wildman–Crippen LogP) is 2.35. The van der Waals surface area contributed by atoms with Gasteiger partial charge in [0.1, 0.15) is 5.82 Å². The normalized spacial score (nSPS) is 10.2. The van der Waals surface area contributed by atoms with E-state index in [-0.39, 0.29) is 12.4 Å². The first kappa shape index (κ1) is 18.3. The molecule has 0 fully saturated rings. The van der Waals surface area contributed by atoms with Gasteiger partial charge in [-0.05, 0) is 36.2 Å². The molecule has 25 heavy (non-hydrogen) atoms. The molecule has 6 nitrogen and oxygen atoms in total. The maximum absolute atomic E-state index is 13.5. The average Bonchev–Trinajstić information content (AvgIpc) is 2.56. The summed E-state index contributed by atoms with van der Waals surface area (Å²) in [6, 6.07) is 10.8. The van der Waals surface area contributed by atoms with Gasteiger partial charge < -0.3 is 21.3 Å². The molecule has 2 aromatic carbocycles. The lowest BCUT2D eigenvalue weighted by atomic mass is 10.1. The molecule has 7 heteroatoms. The van der Waals surface area contributed by atoms with Crippen LogP contribution in [0.25, 0.3) is 0 Å². The molecule has 0 heterocycles. The summed E-state index contributed by atoms with van der Waals surface area (Å²) in [5, 5.41) is 5.37. The molecule has 0 aliphatic heterocycles. The van der Waals surface area contributed by atoms with E-state index >= 15 is 0 Å². The first-order chi connectivity index (χ1) is 11.9. The van der Waals surface area contributed by atoms with Crippen LogP contribution in [0.1, 0.15) is 15.9 Å². The molecular weight excluding hydrogens is 323 g/mol. The quantitative estimate of drug-likeness (QED) is 0.752. The van der Waals surface area contributed by atoms with E-state index in [9.17, 15) is 14.0 Å². The number of anilines is 2. The number of urea groups is 1. The van der Waals surface area contributed by atoms with Gasteiger partial charge in [0, 0.05) is 26.2 Å². The van der Waals surface area contributed by atoms with Crippen LogP contribution in [-0.4, -0.2) is 32.6 Å². The van der Waals surface area contributed by atoms with Crippen LogP contribution >= 0.6 is 0 Å². The Balaban J connectivity index is 2.01. The molecule has 3 amide bonds. The van der Waals surface area contributed by atoms with Crippen molar-refractivity contribution in [3.05, 3.63) is 59.4 Å². The summed E-state index contributed by atoms with van der Waals surface area (Å²) in [5.41, 5.74) is 7.31. The van der Waals surface area contributed by atoms with Crippen molar-refractivity contribution in [3.8, 4) is 0 Å². The van der Waals surface area contributed by atoms with Gasteiger partial charge in [0.2, 0.25) is 5.91 Å². The number of rotatable bonds is 6. The van der Waals surface area contributed by atoms with Crippen molar-refractivity contribution < 1.29 is 14.0 Å². The maximum atomic E-state index is 13.5. The van der Waals surface area contributed by atoms with Crippen LogP contribution in [0.3, 0.4) is 0 Å². The highest BCUT2D eigenvalue weighted by Crippen LogP contribution is 2.25. The number of benzene rings is 2. The molecule has 0 atom stereocenters. The van der Waals surface area contributed by atoms with Crippen LogP contribution in [0.2, 0.25) is 0 Å². The third-order valence-corrected chi connectivity index (χ3v) is 3.65. The number of hydrogen-bond donors (Lipinski definition) is 3. The van der Waals surface area contributed by atoms with Crippen molar-refractivity contribution >= 4 is 23.3 Å². The number of hydrogen-bond acceptors (Lipinski definition) is 3. The third-order valence-electron chi connectivity index (χ3n) is 3.65. The van der Waals surface area contributed by atoms with E-state index in [1.165, 1.54) is 12.1 Å². The molecule has 0 bridgehead atoms. The summed E-state index contributed by atoms with van der Waals surface area (Å²) in [4.78, 5) is 25.2. The van der Waals surface area contributed by atoms with Crippen LogP contribution in [0.15, 0.2) is 42.5 Å². The summed E-state index contributed by atoms with van der Waals surface area (Å²) in [5.74, 6) is -0.873. The maximum Gasteiger partial charge on any atom is 0.319 e. The van der Waals surface area contributed by atoms with E-state index in [1.54, 1.807) is 35.2 Å². The Morgan fingerprint density at radius 3 is 2.52 bits per heavy atom. The summed E-state index contributed by atoms with van der Waals surface area (Å²) in [6.45, 7) is 0.277. The van der Waals surface area contributed by atoms with Gasteiger partial charge in [-0.15, -0.1) is 0 Å². The Kier molecular flexibility index (Phi) is 5.94. The van der Waals surface area contributed by atoms with Gasteiger partial charge in [0.05, 0.1) is 11.4 Å². The number of carbonyl (C=O) groups excluding carboxylic acids is 2. The van der Waals surface area contributed by atoms with Crippen molar-refractivity contribution in [3.63, 3.8) is 0 Å². The molecule has 2 aromatic rings. The van der Waals surface area contributed by atoms with E-state index in [2.05, 4.69) is 10.6 Å². The van der Waals surface area contributed by atoms with Gasteiger partial charge in [-0.25, -0.2) is 9.18 Å². The predicted molar refractivity (Wildman–Crippen MR) is 96.4 cm³/mol. The standard InChI is InChI=1S/C18H21FN4O2/c1-23(2)16-8-7-13(17(20)24)11-15(16)22-18(25)21-10-9-12-5-3-4-6-14(12)19/h3-8,11H,9-10H2,1-2H3,(H2,20,24)(H2,21,22,25). The van der Waals surface area contributed by atoms with Gasteiger partial charge >= 0.3 is 6.03 Å². The monoisotopic (exact) mass is 344 g/mol. The van der Waals surface area contributed by atoms with E-state index in [0.717, 1.165) is 5.69 Å². The molecule has 0 unspecified atom stereocenters. The summed E-state index contributed by atoms with van der Waals surface area (Å²) < 4.78 is 13.5. The zero-order valence-electron chi connectivity index (χ0n) is 14.2. The van der Waals surface area contributed by atoms with Gasteiger partial charge in [0.15, 0.2) is 0 Å². The number of nitrogens with zero attached hydrogens (tertiary/aromatic N) is 1. The lowest BCUT2D eigenvalue weighted by molar-refractivity contribution is 0.100. The minimum Gasteiger partial charge on any atom is -0.376 e. The van der Waals surface area contributed by atoms with Crippen molar-refractivity contribution in [1.29, 1.82) is 0 Å². The minimum absolute atomic E-state index is 0.277. The van der Waals surface area contributed by atoms with Crippen LogP contribution in [0, 0.1) is 5.82 Å². The van der Waals surface area contributed by atoms with Crippen LogP contribution in [-0.2, 0) is 6.42 Å². The van der Waals surface area contributed by atoms with Crippen molar-refractivity contribution in [2.24, 2.45) is 5.73 Å². The van der Waals surface area contributed by atoms with E-state index in [0.29, 0.717) is 23.2 Å². The van der Waals surface area contributed by atoms with Gasteiger partial charge in [-0.1, -0.05) is 18.2 Å². The Hall–Kier alpha value is -3.09. The number of nitrogens with one attached hydrogen (secondary N) is 2. The van der Waals surface area contributed by atoms with Crippen LogP contribution in [0.4, 0.5) is 20.6 Å². The van der Waals surface area contributed by atoms with Gasteiger partial charge in [0.25, 0.3) is 0 Å². The molecule has 0 radical (unpaired) electrons. The Morgan fingerprint density at radius 2 is 1.88 bits per heavy atom. The zero-order valence-corrected chi connectivity index (χ0v) is 14.2. The van der Waals surface area contributed by atoms with Crippen molar-refractivity contribution in [2.75, 3.05) is 30.9 Å². The van der Waals surface area contributed by atoms with Crippen LogP contribution in [0.5, 0.6) is 0 Å². The number of amides is 3. The average molecular weight is 344 g/mol. The molecule has 0 aromatic heterocycles.